The Labute approximate surface area is 143 Å². The van der Waals surface area contributed by atoms with E-state index in [0.29, 0.717) is 27.2 Å². The first-order valence-corrected chi connectivity index (χ1v) is 7.45. The fourth-order valence-electron chi connectivity index (χ4n) is 1.81. The molecule has 0 aliphatic carbocycles. The van der Waals surface area contributed by atoms with Crippen LogP contribution in [0.25, 0.3) is 0 Å². The first-order valence-electron chi connectivity index (χ1n) is 6.69. The van der Waals surface area contributed by atoms with Gasteiger partial charge in [-0.15, -0.1) is 0 Å². The van der Waals surface area contributed by atoms with E-state index in [2.05, 4.69) is 10.6 Å². The molecule has 0 aliphatic heterocycles. The third kappa shape index (κ3) is 5.47. The number of carbonyl (C=O) groups excluding carboxylic acids is 2. The van der Waals surface area contributed by atoms with E-state index in [-0.39, 0.29) is 18.4 Å². The molecule has 0 radical (unpaired) electrons. The van der Waals surface area contributed by atoms with Gasteiger partial charge in [0, 0.05) is 29.4 Å². The van der Waals surface area contributed by atoms with Gasteiger partial charge < -0.3 is 15.4 Å². The van der Waals surface area contributed by atoms with E-state index in [4.69, 9.17) is 27.9 Å². The Morgan fingerprint density at radius 3 is 2.43 bits per heavy atom. The zero-order chi connectivity index (χ0) is 16.8. The van der Waals surface area contributed by atoms with Crippen LogP contribution in [-0.4, -0.2) is 18.4 Å². The normalized spacial score (nSPS) is 10.0. The third-order valence-electron chi connectivity index (χ3n) is 2.72. The predicted molar refractivity (Wildman–Crippen MR) is 91.3 cm³/mol. The maximum atomic E-state index is 11.9. The van der Waals surface area contributed by atoms with Crippen LogP contribution in [0.4, 0.5) is 11.4 Å². The molecule has 0 saturated heterocycles. The summed E-state index contributed by atoms with van der Waals surface area (Å²) in [5, 5.41) is 6.14. The van der Waals surface area contributed by atoms with Gasteiger partial charge in [-0.3, -0.25) is 9.59 Å². The van der Waals surface area contributed by atoms with Crippen molar-refractivity contribution in [3.8, 4) is 5.75 Å². The molecule has 0 aromatic heterocycles. The van der Waals surface area contributed by atoms with Gasteiger partial charge in [-0.1, -0.05) is 29.3 Å². The van der Waals surface area contributed by atoms with Gasteiger partial charge in [0.1, 0.15) is 5.75 Å². The van der Waals surface area contributed by atoms with E-state index in [1.807, 2.05) is 0 Å². The molecule has 0 unspecified atom stereocenters. The molecule has 7 heteroatoms. The van der Waals surface area contributed by atoms with Crippen molar-refractivity contribution in [2.75, 3.05) is 17.2 Å². The summed E-state index contributed by atoms with van der Waals surface area (Å²) in [5.74, 6) is -0.213. The number of amides is 2. The monoisotopic (exact) mass is 352 g/mol. The van der Waals surface area contributed by atoms with Gasteiger partial charge in [-0.05, 0) is 30.3 Å². The minimum absolute atomic E-state index is 0.188. The van der Waals surface area contributed by atoms with Crippen molar-refractivity contribution in [2.45, 2.75) is 6.92 Å². The lowest BCUT2D eigenvalue weighted by Crippen LogP contribution is -2.20. The van der Waals surface area contributed by atoms with Crippen LogP contribution >= 0.6 is 23.2 Å². The molecule has 0 bridgehead atoms. The van der Waals surface area contributed by atoms with E-state index in [0.717, 1.165) is 0 Å². The molecule has 2 amide bonds. The van der Waals surface area contributed by atoms with E-state index in [9.17, 15) is 9.59 Å². The van der Waals surface area contributed by atoms with Gasteiger partial charge in [0.15, 0.2) is 6.61 Å². The van der Waals surface area contributed by atoms with Crippen molar-refractivity contribution >= 4 is 46.4 Å². The highest BCUT2D eigenvalue weighted by atomic mass is 35.5. The number of ether oxygens (including phenoxy) is 1. The topological polar surface area (TPSA) is 67.4 Å². The second kappa shape index (κ2) is 7.85. The summed E-state index contributed by atoms with van der Waals surface area (Å²) in [5.41, 5.74) is 1.14. The molecular weight excluding hydrogens is 339 g/mol. The minimum atomic E-state index is -0.360. The Hall–Kier alpha value is -2.24. The van der Waals surface area contributed by atoms with Crippen molar-refractivity contribution in [1.29, 1.82) is 0 Å². The molecule has 120 valence electrons. The number of rotatable bonds is 5. The molecule has 2 N–H and O–H groups in total. The number of anilines is 2. The summed E-state index contributed by atoms with van der Waals surface area (Å²) >= 11 is 11.8. The highest BCUT2D eigenvalue weighted by Crippen LogP contribution is 2.27. The van der Waals surface area contributed by atoms with Crippen molar-refractivity contribution in [1.82, 2.24) is 0 Å². The molecule has 2 aromatic rings. The van der Waals surface area contributed by atoms with Crippen LogP contribution in [0.15, 0.2) is 42.5 Å². The number of hydrogen-bond donors (Lipinski definition) is 2. The Bertz CT molecular complexity index is 735. The number of carbonyl (C=O) groups is 2. The molecule has 2 rings (SSSR count). The van der Waals surface area contributed by atoms with Crippen LogP contribution in [0.1, 0.15) is 6.92 Å². The Morgan fingerprint density at radius 2 is 1.74 bits per heavy atom. The number of nitrogens with one attached hydrogen (secondary N) is 2. The second-order valence-electron chi connectivity index (χ2n) is 4.67. The smallest absolute Gasteiger partial charge is 0.262 e. The maximum absolute atomic E-state index is 11.9. The quantitative estimate of drug-likeness (QED) is 0.855. The van der Waals surface area contributed by atoms with Crippen LogP contribution in [-0.2, 0) is 9.59 Å². The first-order chi connectivity index (χ1) is 10.9. The van der Waals surface area contributed by atoms with E-state index in [1.165, 1.54) is 13.0 Å². The summed E-state index contributed by atoms with van der Waals surface area (Å²) in [6, 6.07) is 11.5. The zero-order valence-electron chi connectivity index (χ0n) is 12.2. The van der Waals surface area contributed by atoms with Gasteiger partial charge >= 0.3 is 0 Å². The number of benzene rings is 2. The zero-order valence-corrected chi connectivity index (χ0v) is 13.7. The van der Waals surface area contributed by atoms with Crippen molar-refractivity contribution < 1.29 is 14.3 Å². The average Bonchev–Trinajstić information content (AvgIpc) is 2.48. The van der Waals surface area contributed by atoms with Crippen LogP contribution in [0.3, 0.4) is 0 Å². The molecule has 0 atom stereocenters. The summed E-state index contributed by atoms with van der Waals surface area (Å²) in [4.78, 5) is 22.9. The van der Waals surface area contributed by atoms with E-state index in [1.54, 1.807) is 36.4 Å². The van der Waals surface area contributed by atoms with Crippen LogP contribution in [0.2, 0.25) is 10.0 Å². The predicted octanol–water partition coefficient (Wildman–Crippen LogP) is 3.97. The average molecular weight is 353 g/mol. The third-order valence-corrected chi connectivity index (χ3v) is 3.27. The Kier molecular flexibility index (Phi) is 5.84. The largest absolute Gasteiger partial charge is 0.482 e. The minimum Gasteiger partial charge on any atom is -0.482 e. The summed E-state index contributed by atoms with van der Waals surface area (Å²) < 4.78 is 5.35. The highest BCUT2D eigenvalue weighted by molar-refractivity contribution is 6.34. The molecular formula is C16H14Cl2N2O3. The van der Waals surface area contributed by atoms with Gasteiger partial charge in [0.25, 0.3) is 5.91 Å². The van der Waals surface area contributed by atoms with Crippen molar-refractivity contribution in [2.24, 2.45) is 0 Å². The van der Waals surface area contributed by atoms with Crippen LogP contribution in [0.5, 0.6) is 5.75 Å². The molecule has 2 aromatic carbocycles. The molecule has 0 saturated carbocycles. The van der Waals surface area contributed by atoms with Gasteiger partial charge in [0.05, 0.1) is 5.02 Å². The summed E-state index contributed by atoms with van der Waals surface area (Å²) in [6.45, 7) is 1.19. The van der Waals surface area contributed by atoms with Gasteiger partial charge in [0.2, 0.25) is 5.91 Å². The SMILES string of the molecule is CC(=O)Nc1cccc(NC(=O)COc2cc(Cl)ccc2Cl)c1. The van der Waals surface area contributed by atoms with Crippen LogP contribution in [0, 0.1) is 0 Å². The first kappa shape index (κ1) is 17.1. The van der Waals surface area contributed by atoms with E-state index >= 15 is 0 Å². The highest BCUT2D eigenvalue weighted by Gasteiger charge is 2.08. The maximum Gasteiger partial charge on any atom is 0.262 e. The molecule has 5 nitrogen and oxygen atoms in total. The molecule has 0 aliphatic rings. The number of hydrogen-bond acceptors (Lipinski definition) is 3. The second-order valence-corrected chi connectivity index (χ2v) is 5.52. The lowest BCUT2D eigenvalue weighted by atomic mass is 10.2. The lowest BCUT2D eigenvalue weighted by Gasteiger charge is -2.10. The molecule has 0 spiro atoms. The van der Waals surface area contributed by atoms with Gasteiger partial charge in [-0.25, -0.2) is 0 Å². The fourth-order valence-corrected chi connectivity index (χ4v) is 2.14. The Balaban J connectivity index is 1.94. The standard InChI is InChI=1S/C16H14Cl2N2O3/c1-10(21)19-12-3-2-4-13(8-12)20-16(22)9-23-15-7-11(17)5-6-14(15)18/h2-8H,9H2,1H3,(H,19,21)(H,20,22). The Morgan fingerprint density at radius 1 is 1.04 bits per heavy atom. The van der Waals surface area contributed by atoms with Crippen molar-refractivity contribution in [3.05, 3.63) is 52.5 Å². The molecule has 23 heavy (non-hydrogen) atoms. The van der Waals surface area contributed by atoms with Crippen LogP contribution < -0.4 is 15.4 Å². The van der Waals surface area contributed by atoms with E-state index < -0.39 is 0 Å². The molecule has 0 heterocycles. The van der Waals surface area contributed by atoms with Gasteiger partial charge in [-0.2, -0.15) is 0 Å². The fraction of sp³-hybridized carbons (Fsp3) is 0.125. The van der Waals surface area contributed by atoms with Crippen molar-refractivity contribution in [3.63, 3.8) is 0 Å². The summed E-state index contributed by atoms with van der Waals surface area (Å²) in [7, 11) is 0. The lowest BCUT2D eigenvalue weighted by molar-refractivity contribution is -0.118. The summed E-state index contributed by atoms with van der Waals surface area (Å²) in [6.07, 6.45) is 0. The molecule has 0 fully saturated rings. The number of halogens is 2.